The fourth-order valence-corrected chi connectivity index (χ4v) is 4.46. The predicted molar refractivity (Wildman–Crippen MR) is 112 cm³/mol. The Morgan fingerprint density at radius 2 is 1.96 bits per heavy atom. The van der Waals surface area contributed by atoms with Gasteiger partial charge in [0.05, 0.1) is 0 Å². The van der Waals surface area contributed by atoms with Crippen LogP contribution >= 0.6 is 0 Å². The lowest BCUT2D eigenvalue weighted by atomic mass is 9.95. The SMILES string of the molecule is Cc1nc([C@H]2CCCN(C(=O)CCc3ccccc3)C2)nc2c1CCCN2C. The van der Waals surface area contributed by atoms with Gasteiger partial charge in [0.25, 0.3) is 0 Å². The van der Waals surface area contributed by atoms with Gasteiger partial charge >= 0.3 is 0 Å². The highest BCUT2D eigenvalue weighted by Gasteiger charge is 2.28. The summed E-state index contributed by atoms with van der Waals surface area (Å²) in [7, 11) is 2.12. The van der Waals surface area contributed by atoms with Crippen LogP contribution in [0.4, 0.5) is 5.82 Å². The molecule has 3 heterocycles. The highest BCUT2D eigenvalue weighted by molar-refractivity contribution is 5.76. The molecule has 5 heteroatoms. The van der Waals surface area contributed by atoms with Crippen molar-refractivity contribution in [2.75, 3.05) is 31.6 Å². The number of hydrogen-bond donors (Lipinski definition) is 0. The number of piperidine rings is 1. The topological polar surface area (TPSA) is 49.3 Å². The third-order valence-corrected chi connectivity index (χ3v) is 6.10. The normalized spacial score (nSPS) is 19.4. The molecular formula is C23H30N4O. The molecule has 0 N–H and O–H groups in total. The Morgan fingerprint density at radius 3 is 2.79 bits per heavy atom. The molecular weight excluding hydrogens is 348 g/mol. The highest BCUT2D eigenvalue weighted by atomic mass is 16.2. The number of amides is 1. The molecule has 1 atom stereocenters. The predicted octanol–water partition coefficient (Wildman–Crippen LogP) is 3.51. The molecule has 0 radical (unpaired) electrons. The van der Waals surface area contributed by atoms with Gasteiger partial charge in [-0.2, -0.15) is 0 Å². The van der Waals surface area contributed by atoms with Gasteiger partial charge in [-0.15, -0.1) is 0 Å². The summed E-state index contributed by atoms with van der Waals surface area (Å²) in [5, 5.41) is 0. The molecule has 1 aromatic heterocycles. The van der Waals surface area contributed by atoms with Gasteiger partial charge in [-0.05, 0) is 44.6 Å². The minimum atomic E-state index is 0.244. The van der Waals surface area contributed by atoms with Gasteiger partial charge in [-0.25, -0.2) is 9.97 Å². The van der Waals surface area contributed by atoms with Crippen LogP contribution in [-0.4, -0.2) is 47.5 Å². The summed E-state index contributed by atoms with van der Waals surface area (Å²) >= 11 is 0. The average Bonchev–Trinajstić information content (AvgIpc) is 2.73. The monoisotopic (exact) mass is 378 g/mol. The lowest BCUT2D eigenvalue weighted by Gasteiger charge is -2.33. The molecule has 28 heavy (non-hydrogen) atoms. The number of carbonyl (C=O) groups is 1. The van der Waals surface area contributed by atoms with Crippen LogP contribution in [0.2, 0.25) is 0 Å². The Labute approximate surface area is 167 Å². The number of likely N-dealkylation sites (tertiary alicyclic amines) is 1. The van der Waals surface area contributed by atoms with E-state index in [1.54, 1.807) is 0 Å². The molecule has 1 aromatic carbocycles. The van der Waals surface area contributed by atoms with Crippen molar-refractivity contribution in [2.45, 2.75) is 51.4 Å². The Morgan fingerprint density at radius 1 is 1.14 bits per heavy atom. The van der Waals surface area contributed by atoms with Crippen molar-refractivity contribution in [3.63, 3.8) is 0 Å². The Kier molecular flexibility index (Phi) is 5.60. The second kappa shape index (κ2) is 8.29. The summed E-state index contributed by atoms with van der Waals surface area (Å²) in [5.74, 6) is 2.51. The molecule has 0 unspecified atom stereocenters. The smallest absolute Gasteiger partial charge is 0.222 e. The second-order valence-electron chi connectivity index (χ2n) is 8.16. The van der Waals surface area contributed by atoms with E-state index in [0.717, 1.165) is 62.7 Å². The quantitative estimate of drug-likeness (QED) is 0.817. The first-order valence-electron chi connectivity index (χ1n) is 10.5. The maximum Gasteiger partial charge on any atom is 0.222 e. The second-order valence-corrected chi connectivity index (χ2v) is 8.16. The molecule has 1 fully saturated rings. The largest absolute Gasteiger partial charge is 0.359 e. The Balaban J connectivity index is 1.44. The van der Waals surface area contributed by atoms with Crippen LogP contribution in [0.3, 0.4) is 0 Å². The summed E-state index contributed by atoms with van der Waals surface area (Å²) in [6, 6.07) is 10.3. The van der Waals surface area contributed by atoms with Gasteiger partial charge in [0.2, 0.25) is 5.91 Å². The van der Waals surface area contributed by atoms with E-state index >= 15 is 0 Å². The van der Waals surface area contributed by atoms with Crippen molar-refractivity contribution >= 4 is 11.7 Å². The lowest BCUT2D eigenvalue weighted by molar-refractivity contribution is -0.132. The zero-order chi connectivity index (χ0) is 19.5. The van der Waals surface area contributed by atoms with Crippen LogP contribution in [0.15, 0.2) is 30.3 Å². The van der Waals surface area contributed by atoms with E-state index in [1.807, 2.05) is 23.1 Å². The number of aromatic nitrogens is 2. The van der Waals surface area contributed by atoms with E-state index in [1.165, 1.54) is 17.5 Å². The number of hydrogen-bond acceptors (Lipinski definition) is 4. The van der Waals surface area contributed by atoms with Crippen molar-refractivity contribution in [3.8, 4) is 0 Å². The van der Waals surface area contributed by atoms with Gasteiger partial charge in [0.15, 0.2) is 0 Å². The molecule has 2 aliphatic heterocycles. The summed E-state index contributed by atoms with van der Waals surface area (Å²) < 4.78 is 0. The van der Waals surface area contributed by atoms with E-state index < -0.39 is 0 Å². The number of rotatable bonds is 4. The maximum absolute atomic E-state index is 12.8. The van der Waals surface area contributed by atoms with Gasteiger partial charge in [0, 0.05) is 50.3 Å². The first-order valence-corrected chi connectivity index (χ1v) is 10.5. The first-order chi connectivity index (χ1) is 13.6. The first kappa shape index (κ1) is 18.9. The summed E-state index contributed by atoms with van der Waals surface area (Å²) in [6.45, 7) is 4.76. The van der Waals surface area contributed by atoms with Crippen LogP contribution in [0, 0.1) is 6.92 Å². The summed E-state index contributed by atoms with van der Waals surface area (Å²) in [6.07, 6.45) is 5.70. The molecule has 2 aromatic rings. The number of anilines is 1. The Bertz CT molecular complexity index is 836. The number of benzene rings is 1. The third-order valence-electron chi connectivity index (χ3n) is 6.10. The number of aryl methyl sites for hydroxylation is 2. The van der Waals surface area contributed by atoms with Gasteiger partial charge < -0.3 is 9.80 Å². The van der Waals surface area contributed by atoms with Crippen LogP contribution in [0.25, 0.3) is 0 Å². The minimum Gasteiger partial charge on any atom is -0.359 e. The minimum absolute atomic E-state index is 0.244. The van der Waals surface area contributed by atoms with E-state index in [4.69, 9.17) is 9.97 Å². The molecule has 4 rings (SSSR count). The van der Waals surface area contributed by atoms with Crippen molar-refractivity contribution in [1.29, 1.82) is 0 Å². The average molecular weight is 379 g/mol. The molecule has 5 nitrogen and oxygen atoms in total. The molecule has 1 amide bonds. The molecule has 0 saturated carbocycles. The van der Waals surface area contributed by atoms with Gasteiger partial charge in [-0.1, -0.05) is 30.3 Å². The molecule has 0 bridgehead atoms. The van der Waals surface area contributed by atoms with E-state index in [-0.39, 0.29) is 11.8 Å². The number of fused-ring (bicyclic) bond motifs is 1. The number of nitrogens with zero attached hydrogens (tertiary/aromatic N) is 4. The molecule has 0 aliphatic carbocycles. The van der Waals surface area contributed by atoms with Crippen molar-refractivity contribution in [2.24, 2.45) is 0 Å². The van der Waals surface area contributed by atoms with Crippen LogP contribution in [-0.2, 0) is 17.6 Å². The standard InChI is InChI=1S/C23H30N4O/c1-17-20-11-7-14-26(2)23(20)25-22(24-17)19-10-6-15-27(16-19)21(28)13-12-18-8-4-3-5-9-18/h3-5,8-9,19H,6-7,10-16H2,1-2H3/t19-/m0/s1. The Hall–Kier alpha value is -2.43. The zero-order valence-corrected chi connectivity index (χ0v) is 17.0. The third kappa shape index (κ3) is 4.03. The summed E-state index contributed by atoms with van der Waals surface area (Å²) in [5.41, 5.74) is 3.63. The molecule has 2 aliphatic rings. The fraction of sp³-hybridized carbons (Fsp3) is 0.522. The van der Waals surface area contributed by atoms with Crippen molar-refractivity contribution in [3.05, 3.63) is 53.0 Å². The molecule has 1 saturated heterocycles. The number of carbonyl (C=O) groups excluding carboxylic acids is 1. The van der Waals surface area contributed by atoms with Crippen molar-refractivity contribution in [1.82, 2.24) is 14.9 Å². The summed E-state index contributed by atoms with van der Waals surface area (Å²) in [4.78, 5) is 26.9. The molecule has 0 spiro atoms. The van der Waals surface area contributed by atoms with E-state index in [0.29, 0.717) is 6.42 Å². The fourth-order valence-electron chi connectivity index (χ4n) is 4.46. The molecule has 148 valence electrons. The van der Waals surface area contributed by atoms with Crippen LogP contribution < -0.4 is 4.90 Å². The van der Waals surface area contributed by atoms with Crippen LogP contribution in [0.1, 0.15) is 54.2 Å². The lowest BCUT2D eigenvalue weighted by Crippen LogP contribution is -2.40. The van der Waals surface area contributed by atoms with E-state index in [9.17, 15) is 4.79 Å². The maximum atomic E-state index is 12.8. The van der Waals surface area contributed by atoms with E-state index in [2.05, 4.69) is 31.0 Å². The highest BCUT2D eigenvalue weighted by Crippen LogP contribution is 2.31. The zero-order valence-electron chi connectivity index (χ0n) is 17.0. The van der Waals surface area contributed by atoms with Crippen molar-refractivity contribution < 1.29 is 4.79 Å². The van der Waals surface area contributed by atoms with Crippen LogP contribution in [0.5, 0.6) is 0 Å². The van der Waals surface area contributed by atoms with Gasteiger partial charge in [-0.3, -0.25) is 4.79 Å². The van der Waals surface area contributed by atoms with Gasteiger partial charge in [0.1, 0.15) is 11.6 Å².